The molecule has 0 aromatic carbocycles. The highest BCUT2D eigenvalue weighted by Gasteiger charge is 2.25. The van der Waals surface area contributed by atoms with Crippen LogP contribution in [0.15, 0.2) is 5.38 Å². The summed E-state index contributed by atoms with van der Waals surface area (Å²) in [4.78, 5) is 15.9. The predicted octanol–water partition coefficient (Wildman–Crippen LogP) is 1.67. The topological polar surface area (TPSA) is 68.0 Å². The lowest BCUT2D eigenvalue weighted by Crippen LogP contribution is -2.34. The summed E-state index contributed by atoms with van der Waals surface area (Å²) in [5.74, 6) is 0.0575. The van der Waals surface area contributed by atoms with E-state index in [1.807, 2.05) is 17.1 Å². The molecular weight excluding hydrogens is 254 g/mol. The number of amides is 1. The van der Waals surface area contributed by atoms with E-state index in [1.54, 1.807) is 0 Å². The molecule has 1 saturated carbocycles. The monoisotopic (exact) mass is 271 g/mol. The van der Waals surface area contributed by atoms with E-state index in [0.717, 1.165) is 18.5 Å². The molecule has 6 heteroatoms. The third kappa shape index (κ3) is 3.61. The maximum Gasteiger partial charge on any atom is 0.226 e. The van der Waals surface area contributed by atoms with E-state index in [1.165, 1.54) is 17.8 Å². The Balaban J connectivity index is 1.78. The lowest BCUT2D eigenvalue weighted by Gasteiger charge is -2.12. The molecule has 1 aromatic heterocycles. The van der Waals surface area contributed by atoms with Crippen molar-refractivity contribution in [2.24, 2.45) is 0 Å². The number of hydrogen-bond donors (Lipinski definition) is 2. The van der Waals surface area contributed by atoms with Gasteiger partial charge in [-0.05, 0) is 25.5 Å². The first-order chi connectivity index (χ1) is 8.17. The average Bonchev–Trinajstić information content (AvgIpc) is 2.88. The molecule has 0 bridgehead atoms. The van der Waals surface area contributed by atoms with Gasteiger partial charge in [-0.15, -0.1) is 11.3 Å². The first-order valence-electron chi connectivity index (χ1n) is 5.69. The van der Waals surface area contributed by atoms with Gasteiger partial charge in [0.25, 0.3) is 0 Å². The molecule has 17 heavy (non-hydrogen) atoms. The van der Waals surface area contributed by atoms with Crippen molar-refractivity contribution < 1.29 is 4.79 Å². The average molecular weight is 271 g/mol. The summed E-state index contributed by atoms with van der Waals surface area (Å²) in [6.07, 6.45) is 5.86. The van der Waals surface area contributed by atoms with Gasteiger partial charge in [-0.1, -0.05) is 0 Å². The number of carbonyl (C=O) groups is 1. The lowest BCUT2D eigenvalue weighted by molar-refractivity contribution is -0.121. The summed E-state index contributed by atoms with van der Waals surface area (Å²) < 4.78 is 0. The maximum atomic E-state index is 11.8. The molecule has 0 saturated heterocycles. The molecule has 0 spiro atoms. The molecule has 1 heterocycles. The van der Waals surface area contributed by atoms with Gasteiger partial charge in [-0.3, -0.25) is 4.79 Å². The molecule has 3 N–H and O–H groups in total. The van der Waals surface area contributed by atoms with E-state index in [4.69, 9.17) is 5.73 Å². The van der Waals surface area contributed by atoms with Crippen LogP contribution in [-0.2, 0) is 11.2 Å². The van der Waals surface area contributed by atoms with E-state index in [-0.39, 0.29) is 5.91 Å². The molecule has 2 atom stereocenters. The molecule has 1 aromatic rings. The molecule has 2 rings (SSSR count). The van der Waals surface area contributed by atoms with Crippen molar-refractivity contribution in [2.45, 2.75) is 37.0 Å². The van der Waals surface area contributed by atoms with Gasteiger partial charge in [0.15, 0.2) is 5.13 Å². The third-order valence-electron chi connectivity index (χ3n) is 2.99. The van der Waals surface area contributed by atoms with Gasteiger partial charge >= 0.3 is 0 Å². The van der Waals surface area contributed by atoms with Gasteiger partial charge in [0, 0.05) is 16.7 Å². The summed E-state index contributed by atoms with van der Waals surface area (Å²) in [5, 5.41) is 6.14. The van der Waals surface area contributed by atoms with Crippen LogP contribution in [0.1, 0.15) is 25.0 Å². The highest BCUT2D eigenvalue weighted by molar-refractivity contribution is 7.99. The van der Waals surface area contributed by atoms with E-state index >= 15 is 0 Å². The zero-order chi connectivity index (χ0) is 12.3. The summed E-state index contributed by atoms with van der Waals surface area (Å²) in [6.45, 7) is 0. The Kier molecular flexibility index (Phi) is 4.28. The number of thioether (sulfide) groups is 1. The van der Waals surface area contributed by atoms with Crippen LogP contribution >= 0.6 is 23.1 Å². The molecular formula is C11H17N3OS2. The molecule has 1 fully saturated rings. The van der Waals surface area contributed by atoms with Gasteiger partial charge in [0.2, 0.25) is 5.91 Å². The van der Waals surface area contributed by atoms with Crippen molar-refractivity contribution in [3.8, 4) is 0 Å². The maximum absolute atomic E-state index is 11.8. The molecule has 2 unspecified atom stereocenters. The quantitative estimate of drug-likeness (QED) is 0.874. The Hall–Kier alpha value is -0.750. The number of aromatic nitrogens is 1. The Morgan fingerprint density at radius 1 is 1.71 bits per heavy atom. The minimum atomic E-state index is 0.0575. The highest BCUT2D eigenvalue weighted by atomic mass is 32.2. The summed E-state index contributed by atoms with van der Waals surface area (Å²) >= 11 is 3.27. The lowest BCUT2D eigenvalue weighted by atomic mass is 10.2. The van der Waals surface area contributed by atoms with Crippen LogP contribution in [-0.4, -0.2) is 28.4 Å². The summed E-state index contributed by atoms with van der Waals surface area (Å²) in [5.41, 5.74) is 6.30. The first kappa shape index (κ1) is 12.7. The largest absolute Gasteiger partial charge is 0.375 e. The van der Waals surface area contributed by atoms with Gasteiger partial charge in [0.1, 0.15) is 0 Å². The second-order valence-electron chi connectivity index (χ2n) is 4.29. The zero-order valence-electron chi connectivity index (χ0n) is 9.81. The van der Waals surface area contributed by atoms with Crippen LogP contribution in [0.3, 0.4) is 0 Å². The van der Waals surface area contributed by atoms with E-state index in [9.17, 15) is 4.79 Å². The number of hydrogen-bond acceptors (Lipinski definition) is 5. The SMILES string of the molecule is CSC1CCC(NC(=O)Cc2csc(N)n2)C1. The van der Waals surface area contributed by atoms with Crippen molar-refractivity contribution >= 4 is 34.1 Å². The predicted molar refractivity (Wildman–Crippen MR) is 73.3 cm³/mol. The molecule has 94 valence electrons. The molecule has 0 aliphatic heterocycles. The fraction of sp³-hybridized carbons (Fsp3) is 0.636. The van der Waals surface area contributed by atoms with Crippen LogP contribution in [0.25, 0.3) is 0 Å². The van der Waals surface area contributed by atoms with Crippen LogP contribution in [0.4, 0.5) is 5.13 Å². The van der Waals surface area contributed by atoms with E-state index < -0.39 is 0 Å². The Labute approximate surface area is 109 Å². The smallest absolute Gasteiger partial charge is 0.226 e. The summed E-state index contributed by atoms with van der Waals surface area (Å²) in [6, 6.07) is 0.343. The Morgan fingerprint density at radius 2 is 2.53 bits per heavy atom. The van der Waals surface area contributed by atoms with Crippen LogP contribution in [0, 0.1) is 0 Å². The van der Waals surface area contributed by atoms with Crippen molar-refractivity contribution in [1.82, 2.24) is 10.3 Å². The number of nitrogens with zero attached hydrogens (tertiary/aromatic N) is 1. The van der Waals surface area contributed by atoms with Crippen molar-refractivity contribution in [2.75, 3.05) is 12.0 Å². The first-order valence-corrected chi connectivity index (χ1v) is 7.86. The Bertz CT molecular complexity index is 394. The van der Waals surface area contributed by atoms with E-state index in [0.29, 0.717) is 22.8 Å². The third-order valence-corrected chi connectivity index (χ3v) is 4.81. The molecule has 4 nitrogen and oxygen atoms in total. The van der Waals surface area contributed by atoms with Crippen molar-refractivity contribution in [3.63, 3.8) is 0 Å². The normalized spacial score (nSPS) is 23.8. The fourth-order valence-electron chi connectivity index (χ4n) is 2.13. The van der Waals surface area contributed by atoms with Gasteiger partial charge in [-0.2, -0.15) is 11.8 Å². The van der Waals surface area contributed by atoms with Crippen molar-refractivity contribution in [1.29, 1.82) is 0 Å². The number of nitrogen functional groups attached to an aromatic ring is 1. The Morgan fingerprint density at radius 3 is 3.12 bits per heavy atom. The molecule has 0 radical (unpaired) electrons. The molecule has 1 aliphatic carbocycles. The summed E-state index contributed by atoms with van der Waals surface area (Å²) in [7, 11) is 0. The zero-order valence-corrected chi connectivity index (χ0v) is 11.4. The highest BCUT2D eigenvalue weighted by Crippen LogP contribution is 2.28. The number of rotatable bonds is 4. The molecule has 1 aliphatic rings. The van der Waals surface area contributed by atoms with Crippen LogP contribution < -0.4 is 11.1 Å². The molecule has 1 amide bonds. The van der Waals surface area contributed by atoms with E-state index in [2.05, 4.69) is 16.6 Å². The standard InChI is InChI=1S/C11H17N3OS2/c1-16-9-3-2-7(4-9)13-10(15)5-8-6-17-11(12)14-8/h6-7,9H,2-5H2,1H3,(H2,12,14)(H,13,15). The number of carbonyl (C=O) groups excluding carboxylic acids is 1. The minimum Gasteiger partial charge on any atom is -0.375 e. The number of nitrogens with two attached hydrogens (primary N) is 1. The second-order valence-corrected chi connectivity index (χ2v) is 6.32. The number of anilines is 1. The van der Waals surface area contributed by atoms with Crippen molar-refractivity contribution in [3.05, 3.63) is 11.1 Å². The van der Waals surface area contributed by atoms with Gasteiger partial charge < -0.3 is 11.1 Å². The van der Waals surface area contributed by atoms with Crippen LogP contribution in [0.5, 0.6) is 0 Å². The minimum absolute atomic E-state index is 0.0575. The van der Waals surface area contributed by atoms with Crippen LogP contribution in [0.2, 0.25) is 0 Å². The fourth-order valence-corrected chi connectivity index (χ4v) is 3.49. The van der Waals surface area contributed by atoms with Gasteiger partial charge in [0.05, 0.1) is 12.1 Å². The second kappa shape index (κ2) is 5.73. The number of thiazole rings is 1. The van der Waals surface area contributed by atoms with Gasteiger partial charge in [-0.25, -0.2) is 4.98 Å². The number of nitrogens with one attached hydrogen (secondary N) is 1.